The fourth-order valence-electron chi connectivity index (χ4n) is 1.51. The molecule has 2 aromatic rings. The summed E-state index contributed by atoms with van der Waals surface area (Å²) >= 11 is 1.34. The summed E-state index contributed by atoms with van der Waals surface area (Å²) in [5, 5.41) is 0.480. The van der Waals surface area contributed by atoms with Crippen LogP contribution in [0.2, 0.25) is 0 Å². The summed E-state index contributed by atoms with van der Waals surface area (Å²) < 4.78 is 18.4. The van der Waals surface area contributed by atoms with Gasteiger partial charge in [0, 0.05) is 13.3 Å². The third-order valence-electron chi connectivity index (χ3n) is 2.19. The van der Waals surface area contributed by atoms with Gasteiger partial charge in [-0.2, -0.15) is 0 Å². The molecule has 1 heterocycles. The molecule has 1 atom stereocenters. The summed E-state index contributed by atoms with van der Waals surface area (Å²) in [5.74, 6) is -0.281. The number of hydrogen-bond acceptors (Lipinski definition) is 4. The van der Waals surface area contributed by atoms with Gasteiger partial charge < -0.3 is 10.5 Å². The number of rotatable bonds is 3. The molecule has 0 aliphatic carbocycles. The maximum Gasteiger partial charge on any atom is 0.180 e. The van der Waals surface area contributed by atoms with Crippen LogP contribution in [0.25, 0.3) is 0 Å². The highest BCUT2D eigenvalue weighted by Crippen LogP contribution is 2.30. The maximum absolute atomic E-state index is 13.1. The minimum absolute atomic E-state index is 0.281. The van der Waals surface area contributed by atoms with E-state index in [0.717, 1.165) is 10.4 Å². The SMILES string of the molecule is COC(c1cccc(F)c1)c1cnc(N)s1. The number of ether oxygens (including phenoxy) is 1. The molecule has 0 radical (unpaired) electrons. The topological polar surface area (TPSA) is 48.1 Å². The molecule has 0 amide bonds. The van der Waals surface area contributed by atoms with Crippen molar-refractivity contribution in [3.8, 4) is 0 Å². The summed E-state index contributed by atoms with van der Waals surface area (Å²) in [4.78, 5) is 4.82. The summed E-state index contributed by atoms with van der Waals surface area (Å²) in [6.45, 7) is 0. The monoisotopic (exact) mass is 238 g/mol. The number of benzene rings is 1. The van der Waals surface area contributed by atoms with E-state index in [1.807, 2.05) is 6.07 Å². The molecule has 0 saturated carbocycles. The Kier molecular flexibility index (Phi) is 3.17. The van der Waals surface area contributed by atoms with Crippen LogP contribution in [0.15, 0.2) is 30.5 Å². The van der Waals surface area contributed by atoms with E-state index in [1.54, 1.807) is 19.4 Å². The largest absolute Gasteiger partial charge is 0.375 e. The molecule has 0 fully saturated rings. The molecule has 0 aliphatic heterocycles. The minimum Gasteiger partial charge on any atom is -0.375 e. The van der Waals surface area contributed by atoms with Gasteiger partial charge in [-0.25, -0.2) is 9.37 Å². The molecule has 2 N–H and O–H groups in total. The zero-order chi connectivity index (χ0) is 11.5. The maximum atomic E-state index is 13.1. The highest BCUT2D eigenvalue weighted by atomic mass is 32.1. The first-order valence-electron chi connectivity index (χ1n) is 4.70. The molecule has 0 aliphatic rings. The Bertz CT molecular complexity index is 486. The van der Waals surface area contributed by atoms with Crippen LogP contribution in [0.5, 0.6) is 0 Å². The van der Waals surface area contributed by atoms with Gasteiger partial charge in [0.2, 0.25) is 0 Å². The van der Waals surface area contributed by atoms with E-state index >= 15 is 0 Å². The zero-order valence-electron chi connectivity index (χ0n) is 8.68. The van der Waals surface area contributed by atoms with Gasteiger partial charge in [0.05, 0.1) is 4.88 Å². The zero-order valence-corrected chi connectivity index (χ0v) is 9.50. The van der Waals surface area contributed by atoms with Crippen molar-refractivity contribution < 1.29 is 9.13 Å². The van der Waals surface area contributed by atoms with E-state index in [4.69, 9.17) is 10.5 Å². The molecule has 0 spiro atoms. The van der Waals surface area contributed by atoms with E-state index in [1.165, 1.54) is 23.5 Å². The van der Waals surface area contributed by atoms with Crippen LogP contribution >= 0.6 is 11.3 Å². The average Bonchev–Trinajstić information content (AvgIpc) is 2.66. The Labute approximate surface area is 96.7 Å². The summed E-state index contributed by atoms with van der Waals surface area (Å²) in [6.07, 6.45) is 1.34. The summed E-state index contributed by atoms with van der Waals surface area (Å²) in [7, 11) is 1.57. The second-order valence-electron chi connectivity index (χ2n) is 3.27. The van der Waals surface area contributed by atoms with Gasteiger partial charge in [0.15, 0.2) is 5.13 Å². The number of nitrogens with zero attached hydrogens (tertiary/aromatic N) is 1. The minimum atomic E-state index is -0.314. The molecule has 16 heavy (non-hydrogen) atoms. The molecular weight excluding hydrogens is 227 g/mol. The van der Waals surface area contributed by atoms with Gasteiger partial charge in [0.1, 0.15) is 11.9 Å². The van der Waals surface area contributed by atoms with Crippen LogP contribution in [0, 0.1) is 5.82 Å². The highest BCUT2D eigenvalue weighted by molar-refractivity contribution is 7.15. The van der Waals surface area contributed by atoms with Crippen molar-refractivity contribution in [3.05, 3.63) is 46.7 Å². The van der Waals surface area contributed by atoms with E-state index in [9.17, 15) is 4.39 Å². The Hall–Kier alpha value is -1.46. The predicted molar refractivity (Wildman–Crippen MR) is 61.8 cm³/mol. The molecule has 2 rings (SSSR count). The van der Waals surface area contributed by atoms with Gasteiger partial charge in [-0.1, -0.05) is 23.5 Å². The van der Waals surface area contributed by atoms with Crippen LogP contribution < -0.4 is 5.73 Å². The first kappa shape index (κ1) is 11.0. The van der Waals surface area contributed by atoms with Crippen LogP contribution in [0.4, 0.5) is 9.52 Å². The number of methoxy groups -OCH3 is 1. The van der Waals surface area contributed by atoms with Crippen molar-refractivity contribution in [1.82, 2.24) is 4.98 Å². The lowest BCUT2D eigenvalue weighted by atomic mass is 10.1. The molecule has 1 aromatic carbocycles. The highest BCUT2D eigenvalue weighted by Gasteiger charge is 2.16. The Morgan fingerprint density at radius 3 is 2.88 bits per heavy atom. The molecular formula is C11H11FN2OS. The normalized spacial score (nSPS) is 12.6. The van der Waals surface area contributed by atoms with Crippen LogP contribution in [0.3, 0.4) is 0 Å². The summed E-state index contributed by atoms with van der Waals surface area (Å²) in [6, 6.07) is 6.32. The molecule has 1 aromatic heterocycles. The van der Waals surface area contributed by atoms with Crippen LogP contribution in [-0.2, 0) is 4.74 Å². The van der Waals surface area contributed by atoms with Gasteiger partial charge in [-0.15, -0.1) is 0 Å². The lowest BCUT2D eigenvalue weighted by Gasteiger charge is -2.13. The molecule has 84 valence electrons. The number of halogens is 1. The quantitative estimate of drug-likeness (QED) is 0.894. The van der Waals surface area contributed by atoms with Crippen molar-refractivity contribution in [2.75, 3.05) is 12.8 Å². The van der Waals surface area contributed by atoms with Gasteiger partial charge in [-0.05, 0) is 17.7 Å². The number of aromatic nitrogens is 1. The lowest BCUT2D eigenvalue weighted by Crippen LogP contribution is -2.01. The van der Waals surface area contributed by atoms with Crippen LogP contribution in [-0.4, -0.2) is 12.1 Å². The van der Waals surface area contributed by atoms with Gasteiger partial charge in [-0.3, -0.25) is 0 Å². The second-order valence-corrected chi connectivity index (χ2v) is 4.37. The molecule has 3 nitrogen and oxygen atoms in total. The van der Waals surface area contributed by atoms with Crippen molar-refractivity contribution >= 4 is 16.5 Å². The van der Waals surface area contributed by atoms with Gasteiger partial charge >= 0.3 is 0 Å². The number of anilines is 1. The Balaban J connectivity index is 2.36. The first-order valence-corrected chi connectivity index (χ1v) is 5.52. The predicted octanol–water partition coefficient (Wildman–Crippen LogP) is 2.60. The van der Waals surface area contributed by atoms with Crippen molar-refractivity contribution in [2.24, 2.45) is 0 Å². The smallest absolute Gasteiger partial charge is 0.180 e. The lowest BCUT2D eigenvalue weighted by molar-refractivity contribution is 0.139. The van der Waals surface area contributed by atoms with Crippen LogP contribution in [0.1, 0.15) is 16.5 Å². The molecule has 0 saturated heterocycles. The fraction of sp³-hybridized carbons (Fsp3) is 0.182. The standard InChI is InChI=1S/C11H11FN2OS/c1-15-10(9-6-14-11(13)16-9)7-3-2-4-8(12)5-7/h2-6,10H,1H3,(H2,13,14). The van der Waals surface area contributed by atoms with E-state index in [2.05, 4.69) is 4.98 Å². The van der Waals surface area contributed by atoms with E-state index < -0.39 is 0 Å². The Morgan fingerprint density at radius 2 is 2.31 bits per heavy atom. The van der Waals surface area contributed by atoms with Gasteiger partial charge in [0.25, 0.3) is 0 Å². The Morgan fingerprint density at radius 1 is 1.50 bits per heavy atom. The number of nitrogens with two attached hydrogens (primary N) is 1. The van der Waals surface area contributed by atoms with Crippen molar-refractivity contribution in [2.45, 2.75) is 6.10 Å². The average molecular weight is 238 g/mol. The third kappa shape index (κ3) is 2.20. The number of nitrogen functional groups attached to an aromatic ring is 1. The summed E-state index contributed by atoms with van der Waals surface area (Å²) in [5.41, 5.74) is 6.31. The first-order chi connectivity index (χ1) is 7.70. The molecule has 0 bridgehead atoms. The van der Waals surface area contributed by atoms with Crippen molar-refractivity contribution in [3.63, 3.8) is 0 Å². The molecule has 1 unspecified atom stereocenters. The van der Waals surface area contributed by atoms with E-state index in [0.29, 0.717) is 5.13 Å². The number of thiazole rings is 1. The van der Waals surface area contributed by atoms with E-state index in [-0.39, 0.29) is 11.9 Å². The van der Waals surface area contributed by atoms with Crippen molar-refractivity contribution in [1.29, 1.82) is 0 Å². The fourth-order valence-corrected chi connectivity index (χ4v) is 2.30. The third-order valence-corrected chi connectivity index (χ3v) is 3.06. The second kappa shape index (κ2) is 4.59. The number of hydrogen-bond donors (Lipinski definition) is 1. The molecule has 5 heteroatoms.